The van der Waals surface area contributed by atoms with Crippen LogP contribution in [0.3, 0.4) is 0 Å². The summed E-state index contributed by atoms with van der Waals surface area (Å²) in [5, 5.41) is 11.5. The van der Waals surface area contributed by atoms with Crippen LogP contribution >= 0.6 is 0 Å². The number of hydrogen-bond donors (Lipinski definition) is 1. The van der Waals surface area contributed by atoms with E-state index in [1.54, 1.807) is 6.08 Å². The highest BCUT2D eigenvalue weighted by Crippen LogP contribution is 2.52. The molecule has 0 spiro atoms. The molecule has 0 aromatic heterocycles. The van der Waals surface area contributed by atoms with E-state index in [0.717, 1.165) is 11.1 Å². The molecule has 2 aliphatic heterocycles. The molecule has 5 nitrogen and oxygen atoms in total. The Balaban J connectivity index is 1.50. The Hall–Kier alpha value is -2.02. The van der Waals surface area contributed by atoms with Crippen molar-refractivity contribution in [2.45, 2.75) is 56.1 Å². The fourth-order valence-corrected chi connectivity index (χ4v) is 4.42. The smallest absolute Gasteiger partial charge is 0.167 e. The van der Waals surface area contributed by atoms with Crippen molar-refractivity contribution in [1.29, 1.82) is 0 Å². The van der Waals surface area contributed by atoms with E-state index < -0.39 is 23.1 Å². The monoisotopic (exact) mass is 410 g/mol. The van der Waals surface area contributed by atoms with Crippen LogP contribution < -0.4 is 0 Å². The molecule has 0 saturated carbocycles. The largest absolute Gasteiger partial charge is 0.383 e. The highest BCUT2D eigenvalue weighted by molar-refractivity contribution is 5.21. The van der Waals surface area contributed by atoms with Gasteiger partial charge in [-0.2, -0.15) is 0 Å². The molecule has 2 aromatic carbocycles. The number of ether oxygens (including phenoxy) is 4. The average molecular weight is 411 g/mol. The maximum Gasteiger partial charge on any atom is 0.167 e. The lowest BCUT2D eigenvalue weighted by Crippen LogP contribution is -2.65. The van der Waals surface area contributed by atoms with Crippen molar-refractivity contribution < 1.29 is 24.1 Å². The zero-order valence-electron chi connectivity index (χ0n) is 17.5. The van der Waals surface area contributed by atoms with Crippen molar-refractivity contribution in [2.24, 2.45) is 0 Å². The summed E-state index contributed by atoms with van der Waals surface area (Å²) in [6.07, 6.45) is 2.16. The predicted molar refractivity (Wildman–Crippen MR) is 114 cm³/mol. The van der Waals surface area contributed by atoms with Gasteiger partial charge in [-0.25, -0.2) is 0 Å². The molecular weight excluding hydrogens is 380 g/mol. The second-order valence-electron chi connectivity index (χ2n) is 8.34. The molecule has 2 bridgehead atoms. The Labute approximate surface area is 178 Å². The highest BCUT2D eigenvalue weighted by Gasteiger charge is 2.68. The number of hydrogen-bond acceptors (Lipinski definition) is 5. The molecule has 0 radical (unpaired) electrons. The van der Waals surface area contributed by atoms with Crippen LogP contribution in [-0.4, -0.2) is 41.4 Å². The first-order valence-electron chi connectivity index (χ1n) is 10.5. The highest BCUT2D eigenvalue weighted by atomic mass is 16.8. The Morgan fingerprint density at radius 3 is 2.20 bits per heavy atom. The quantitative estimate of drug-likeness (QED) is 0.633. The topological polar surface area (TPSA) is 57.2 Å². The first kappa shape index (κ1) is 21.2. The van der Waals surface area contributed by atoms with E-state index in [1.165, 1.54) is 0 Å². The first-order valence-corrected chi connectivity index (χ1v) is 10.5. The minimum absolute atomic E-state index is 0.180. The van der Waals surface area contributed by atoms with E-state index in [-0.39, 0.29) is 13.2 Å². The standard InChI is InChI=1S/C25H30O5/c1-3-24(26)15-14-23(2)29-22(18-27-16-20-10-6-4-7-11-20)25(24,30-23)19-28-17-21-12-8-5-9-13-21/h3-13,22,26H,1,14-19H2,2H3/t22-,23-,24-,25-/m1/s1. The van der Waals surface area contributed by atoms with Crippen molar-refractivity contribution >= 4 is 0 Å². The molecule has 160 valence electrons. The van der Waals surface area contributed by atoms with Crippen LogP contribution in [0.4, 0.5) is 0 Å². The Morgan fingerprint density at radius 2 is 1.60 bits per heavy atom. The van der Waals surface area contributed by atoms with Gasteiger partial charge in [0.25, 0.3) is 0 Å². The van der Waals surface area contributed by atoms with Gasteiger partial charge in [0, 0.05) is 6.42 Å². The summed E-state index contributed by atoms with van der Waals surface area (Å²) in [5.41, 5.74) is -0.197. The summed E-state index contributed by atoms with van der Waals surface area (Å²) in [4.78, 5) is 0. The Bertz CT molecular complexity index is 841. The van der Waals surface area contributed by atoms with E-state index in [9.17, 15) is 5.11 Å². The normalized spacial score (nSPS) is 32.8. The molecule has 5 heteroatoms. The van der Waals surface area contributed by atoms with Crippen molar-refractivity contribution in [2.75, 3.05) is 13.2 Å². The SMILES string of the molecule is C=C[C@@]1(O)CC[C@]2(C)O[C@H](COCc3ccccc3)[C@@]1(COCc1ccccc1)O2. The lowest BCUT2D eigenvalue weighted by atomic mass is 9.74. The minimum atomic E-state index is -1.26. The van der Waals surface area contributed by atoms with Crippen molar-refractivity contribution in [3.05, 3.63) is 84.4 Å². The molecule has 1 N–H and O–H groups in total. The Morgan fingerprint density at radius 1 is 1.00 bits per heavy atom. The Kier molecular flexibility index (Phi) is 6.09. The van der Waals surface area contributed by atoms with Gasteiger partial charge in [-0.15, -0.1) is 6.58 Å². The van der Waals surface area contributed by atoms with Crippen LogP contribution in [0, 0.1) is 0 Å². The fraction of sp³-hybridized carbons (Fsp3) is 0.440. The third kappa shape index (κ3) is 4.09. The summed E-state index contributed by atoms with van der Waals surface area (Å²) in [5.74, 6) is -0.772. The van der Waals surface area contributed by atoms with Gasteiger partial charge in [-0.1, -0.05) is 66.7 Å². The molecule has 2 saturated heterocycles. The molecule has 2 fully saturated rings. The second-order valence-corrected chi connectivity index (χ2v) is 8.34. The van der Waals surface area contributed by atoms with Crippen LogP contribution in [0.5, 0.6) is 0 Å². The summed E-state index contributed by atoms with van der Waals surface area (Å²) < 4.78 is 24.7. The van der Waals surface area contributed by atoms with E-state index in [2.05, 4.69) is 6.58 Å². The van der Waals surface area contributed by atoms with Gasteiger partial charge >= 0.3 is 0 Å². The number of fused-ring (bicyclic) bond motifs is 2. The maximum absolute atomic E-state index is 11.5. The van der Waals surface area contributed by atoms with Crippen LogP contribution in [-0.2, 0) is 32.2 Å². The zero-order chi connectivity index (χ0) is 21.1. The summed E-state index contributed by atoms with van der Waals surface area (Å²) >= 11 is 0. The van der Waals surface area contributed by atoms with Crippen LogP contribution in [0.15, 0.2) is 73.3 Å². The molecule has 0 aliphatic carbocycles. The molecule has 4 rings (SSSR count). The van der Waals surface area contributed by atoms with E-state index >= 15 is 0 Å². The molecule has 2 aromatic rings. The summed E-state index contributed by atoms with van der Waals surface area (Å²) in [6.45, 7) is 7.16. The fourth-order valence-electron chi connectivity index (χ4n) is 4.42. The number of aliphatic hydroxyl groups is 1. The molecule has 2 heterocycles. The van der Waals surface area contributed by atoms with E-state index in [0.29, 0.717) is 26.1 Å². The van der Waals surface area contributed by atoms with Gasteiger partial charge in [-0.05, 0) is 24.5 Å². The molecule has 0 unspecified atom stereocenters. The first-order chi connectivity index (χ1) is 14.5. The average Bonchev–Trinajstić information content (AvgIpc) is 3.02. The number of rotatable bonds is 9. The lowest BCUT2D eigenvalue weighted by molar-refractivity contribution is -0.263. The predicted octanol–water partition coefficient (Wildman–Crippen LogP) is 4.00. The summed E-state index contributed by atoms with van der Waals surface area (Å²) in [7, 11) is 0. The molecule has 30 heavy (non-hydrogen) atoms. The number of benzene rings is 2. The zero-order valence-corrected chi connectivity index (χ0v) is 17.5. The van der Waals surface area contributed by atoms with Gasteiger partial charge < -0.3 is 24.1 Å². The summed E-state index contributed by atoms with van der Waals surface area (Å²) in [6, 6.07) is 19.9. The van der Waals surface area contributed by atoms with Gasteiger partial charge in [0.1, 0.15) is 11.7 Å². The molecular formula is C25H30O5. The lowest BCUT2D eigenvalue weighted by Gasteiger charge is -2.48. The molecule has 2 aliphatic rings. The van der Waals surface area contributed by atoms with Crippen molar-refractivity contribution in [1.82, 2.24) is 0 Å². The third-order valence-corrected chi connectivity index (χ3v) is 6.15. The van der Waals surface area contributed by atoms with Crippen molar-refractivity contribution in [3.63, 3.8) is 0 Å². The molecule has 0 amide bonds. The van der Waals surface area contributed by atoms with Gasteiger partial charge in [-0.3, -0.25) is 0 Å². The molecule has 4 atom stereocenters. The van der Waals surface area contributed by atoms with Gasteiger partial charge in [0.2, 0.25) is 0 Å². The minimum Gasteiger partial charge on any atom is -0.383 e. The van der Waals surface area contributed by atoms with E-state index in [4.69, 9.17) is 18.9 Å². The van der Waals surface area contributed by atoms with Crippen LogP contribution in [0.2, 0.25) is 0 Å². The second kappa shape index (κ2) is 8.61. The van der Waals surface area contributed by atoms with Gasteiger partial charge in [0.05, 0.1) is 26.4 Å². The maximum atomic E-state index is 11.5. The third-order valence-electron chi connectivity index (χ3n) is 6.15. The van der Waals surface area contributed by atoms with Crippen LogP contribution in [0.1, 0.15) is 30.9 Å². The van der Waals surface area contributed by atoms with Crippen molar-refractivity contribution in [3.8, 4) is 0 Å². The van der Waals surface area contributed by atoms with Gasteiger partial charge in [0.15, 0.2) is 11.4 Å². The van der Waals surface area contributed by atoms with Crippen LogP contribution in [0.25, 0.3) is 0 Å². The van der Waals surface area contributed by atoms with E-state index in [1.807, 2.05) is 67.6 Å².